The molecular weight excluding hydrogens is 282 g/mol. The van der Waals surface area contributed by atoms with Gasteiger partial charge in [-0.1, -0.05) is 0 Å². The van der Waals surface area contributed by atoms with Gasteiger partial charge in [0, 0.05) is 37.5 Å². The summed E-state index contributed by atoms with van der Waals surface area (Å²) in [6.45, 7) is 7.30. The minimum atomic E-state index is 0.0827. The molecule has 116 valence electrons. The van der Waals surface area contributed by atoms with Crippen molar-refractivity contribution in [2.24, 2.45) is 5.92 Å². The van der Waals surface area contributed by atoms with Gasteiger partial charge in [0.15, 0.2) is 0 Å². The van der Waals surface area contributed by atoms with E-state index >= 15 is 0 Å². The maximum absolute atomic E-state index is 6.18. The van der Waals surface area contributed by atoms with Crippen LogP contribution in [0.4, 0.5) is 0 Å². The number of thiophene rings is 1. The number of hydrogen-bond acceptors (Lipinski definition) is 4. The average molecular weight is 307 g/mol. The van der Waals surface area contributed by atoms with Crippen molar-refractivity contribution in [3.8, 4) is 0 Å². The minimum absolute atomic E-state index is 0.0827. The predicted molar refractivity (Wildman–Crippen MR) is 84.7 cm³/mol. The average Bonchev–Trinajstić information content (AvgIpc) is 2.90. The number of nitrogens with zero attached hydrogens (tertiary/aromatic N) is 1. The smallest absolute Gasteiger partial charge is 0.0847 e. The van der Waals surface area contributed by atoms with E-state index in [0.717, 1.165) is 45.2 Å². The minimum Gasteiger partial charge on any atom is -0.375 e. The largest absolute Gasteiger partial charge is 0.375 e. The molecule has 4 rings (SSSR count). The Kier molecular flexibility index (Phi) is 3.82. The molecule has 3 nitrogen and oxygen atoms in total. The Bertz CT molecular complexity index is 499. The third kappa shape index (κ3) is 3.19. The molecule has 2 aliphatic heterocycles. The quantitative estimate of drug-likeness (QED) is 0.834. The van der Waals surface area contributed by atoms with Crippen molar-refractivity contribution in [2.75, 3.05) is 26.3 Å². The predicted octanol–water partition coefficient (Wildman–Crippen LogP) is 3.22. The molecular formula is C17H25NO2S. The fourth-order valence-electron chi connectivity index (χ4n) is 3.58. The number of rotatable bonds is 5. The molecule has 1 aliphatic carbocycles. The summed E-state index contributed by atoms with van der Waals surface area (Å²) in [6, 6.07) is 2.22. The second-order valence-corrected chi connectivity index (χ2v) is 8.08. The van der Waals surface area contributed by atoms with Crippen LogP contribution in [0.3, 0.4) is 0 Å². The molecule has 3 heterocycles. The van der Waals surface area contributed by atoms with E-state index in [-0.39, 0.29) is 5.60 Å². The van der Waals surface area contributed by atoms with E-state index in [2.05, 4.69) is 23.3 Å². The number of hydrogen-bond donors (Lipinski definition) is 0. The number of aryl methyl sites for hydroxylation is 1. The molecule has 2 atom stereocenters. The van der Waals surface area contributed by atoms with Crippen LogP contribution in [-0.4, -0.2) is 42.9 Å². The zero-order valence-corrected chi connectivity index (χ0v) is 13.7. The zero-order chi connectivity index (χ0) is 14.3. The van der Waals surface area contributed by atoms with Crippen molar-refractivity contribution >= 4 is 11.3 Å². The van der Waals surface area contributed by atoms with Gasteiger partial charge >= 0.3 is 0 Å². The van der Waals surface area contributed by atoms with Gasteiger partial charge in [-0.2, -0.15) is 0 Å². The van der Waals surface area contributed by atoms with E-state index in [9.17, 15) is 0 Å². The molecule has 1 aromatic heterocycles. The van der Waals surface area contributed by atoms with Gasteiger partial charge in [-0.15, -0.1) is 11.3 Å². The van der Waals surface area contributed by atoms with Crippen molar-refractivity contribution in [3.05, 3.63) is 21.9 Å². The van der Waals surface area contributed by atoms with Crippen LogP contribution in [-0.2, 0) is 16.0 Å². The molecule has 0 amide bonds. The van der Waals surface area contributed by atoms with Crippen LogP contribution in [0.5, 0.6) is 0 Å². The van der Waals surface area contributed by atoms with Crippen LogP contribution in [0, 0.1) is 12.8 Å². The Hall–Kier alpha value is -0.420. The second-order valence-electron chi connectivity index (χ2n) is 7.08. The zero-order valence-electron chi connectivity index (χ0n) is 12.8. The van der Waals surface area contributed by atoms with Crippen LogP contribution in [0.15, 0.2) is 11.4 Å². The van der Waals surface area contributed by atoms with Gasteiger partial charge in [-0.3, -0.25) is 4.90 Å². The van der Waals surface area contributed by atoms with Gasteiger partial charge in [0.1, 0.15) is 0 Å². The monoisotopic (exact) mass is 307 g/mol. The van der Waals surface area contributed by atoms with Crippen molar-refractivity contribution in [3.63, 3.8) is 0 Å². The summed E-state index contributed by atoms with van der Waals surface area (Å²) in [5, 5.41) is 2.20. The van der Waals surface area contributed by atoms with Crippen molar-refractivity contribution in [1.82, 2.24) is 4.90 Å². The first-order valence-corrected chi connectivity index (χ1v) is 9.11. The maximum atomic E-state index is 6.18. The molecule has 1 aromatic rings. The molecule has 0 N–H and O–H groups in total. The Morgan fingerprint density at radius 2 is 2.38 bits per heavy atom. The first kappa shape index (κ1) is 14.2. The van der Waals surface area contributed by atoms with Gasteiger partial charge in [0.25, 0.3) is 0 Å². The highest BCUT2D eigenvalue weighted by Crippen LogP contribution is 2.38. The normalized spacial score (nSPS) is 33.3. The fraction of sp³-hybridized carbons (Fsp3) is 0.765. The van der Waals surface area contributed by atoms with E-state index in [4.69, 9.17) is 9.47 Å². The molecule has 1 saturated carbocycles. The highest BCUT2D eigenvalue weighted by atomic mass is 32.1. The lowest BCUT2D eigenvalue weighted by molar-refractivity contribution is 0.000891. The van der Waals surface area contributed by atoms with Gasteiger partial charge < -0.3 is 9.47 Å². The van der Waals surface area contributed by atoms with Crippen LogP contribution < -0.4 is 0 Å². The summed E-state index contributed by atoms with van der Waals surface area (Å²) in [5.41, 5.74) is 1.51. The molecule has 21 heavy (non-hydrogen) atoms. The summed E-state index contributed by atoms with van der Waals surface area (Å²) in [5.74, 6) is 0.850. The molecule has 0 unspecified atom stereocenters. The lowest BCUT2D eigenvalue weighted by Crippen LogP contribution is -2.33. The highest BCUT2D eigenvalue weighted by molar-refractivity contribution is 7.10. The molecule has 3 fully saturated rings. The molecule has 2 saturated heterocycles. The van der Waals surface area contributed by atoms with Crippen LogP contribution in [0.2, 0.25) is 0 Å². The van der Waals surface area contributed by atoms with E-state index in [1.165, 1.54) is 29.7 Å². The third-order valence-corrected chi connectivity index (χ3v) is 6.18. The molecule has 0 aromatic carbocycles. The highest BCUT2D eigenvalue weighted by Gasteiger charge is 2.46. The molecule has 0 bridgehead atoms. The van der Waals surface area contributed by atoms with Gasteiger partial charge in [0.2, 0.25) is 0 Å². The van der Waals surface area contributed by atoms with Crippen LogP contribution >= 0.6 is 11.3 Å². The topological polar surface area (TPSA) is 21.7 Å². The number of likely N-dealkylation sites (tertiary alicyclic amines) is 1. The summed E-state index contributed by atoms with van der Waals surface area (Å²) in [4.78, 5) is 4.06. The Morgan fingerprint density at radius 1 is 1.48 bits per heavy atom. The summed E-state index contributed by atoms with van der Waals surface area (Å²) in [7, 11) is 0. The first-order valence-electron chi connectivity index (χ1n) is 8.23. The molecule has 3 aliphatic rings. The summed E-state index contributed by atoms with van der Waals surface area (Å²) in [6.07, 6.45) is 5.34. The van der Waals surface area contributed by atoms with Crippen molar-refractivity contribution in [1.29, 1.82) is 0 Å². The van der Waals surface area contributed by atoms with Crippen molar-refractivity contribution < 1.29 is 9.47 Å². The SMILES string of the molecule is Cc1ccsc1CN1CC[C@]2(C[C@@H](OCC3CC3)CO2)C1. The fourth-order valence-corrected chi connectivity index (χ4v) is 4.53. The van der Waals surface area contributed by atoms with Gasteiger partial charge in [0.05, 0.1) is 18.3 Å². The Balaban J connectivity index is 1.30. The van der Waals surface area contributed by atoms with Gasteiger partial charge in [-0.05, 0) is 49.1 Å². The molecule has 1 spiro atoms. The first-order chi connectivity index (χ1) is 10.2. The standard InChI is InChI=1S/C17H25NO2S/c1-13-4-7-21-16(13)9-18-6-5-17(12-18)8-15(11-20-17)19-10-14-2-3-14/h4,7,14-15H,2-3,5-6,8-12H2,1H3/t15-,17+/m1/s1. The lowest BCUT2D eigenvalue weighted by Gasteiger charge is -2.23. The van der Waals surface area contributed by atoms with Crippen molar-refractivity contribution in [2.45, 2.75) is 50.9 Å². The van der Waals surface area contributed by atoms with E-state index in [1.54, 1.807) is 0 Å². The number of ether oxygens (including phenoxy) is 2. The molecule has 0 radical (unpaired) electrons. The summed E-state index contributed by atoms with van der Waals surface area (Å²) >= 11 is 1.88. The Labute approximate surface area is 131 Å². The Morgan fingerprint density at radius 3 is 3.14 bits per heavy atom. The third-order valence-electron chi connectivity index (χ3n) is 5.17. The summed E-state index contributed by atoms with van der Waals surface area (Å²) < 4.78 is 12.2. The lowest BCUT2D eigenvalue weighted by atomic mass is 9.98. The maximum Gasteiger partial charge on any atom is 0.0847 e. The second kappa shape index (κ2) is 5.65. The van der Waals surface area contributed by atoms with E-state index in [1.807, 2.05) is 11.3 Å². The molecule has 4 heteroatoms. The van der Waals surface area contributed by atoms with Crippen LogP contribution in [0.1, 0.15) is 36.1 Å². The van der Waals surface area contributed by atoms with E-state index in [0.29, 0.717) is 6.10 Å². The van der Waals surface area contributed by atoms with Crippen LogP contribution in [0.25, 0.3) is 0 Å². The van der Waals surface area contributed by atoms with Gasteiger partial charge in [-0.25, -0.2) is 0 Å². The van der Waals surface area contributed by atoms with E-state index < -0.39 is 0 Å².